The smallest absolute Gasteiger partial charge is 0.328 e. The summed E-state index contributed by atoms with van der Waals surface area (Å²) < 4.78 is 10.7. The first kappa shape index (κ1) is 15.9. The van der Waals surface area contributed by atoms with E-state index in [1.54, 1.807) is 42.5 Å². The monoisotopic (exact) mass is 318 g/mol. The lowest BCUT2D eigenvalue weighted by molar-refractivity contribution is -0.131. The number of halogens is 1. The summed E-state index contributed by atoms with van der Waals surface area (Å²) in [6.45, 7) is 0. The molecule has 2 aromatic rings. The molecule has 0 saturated heterocycles. The molecule has 2 aromatic carbocycles. The average molecular weight is 319 g/mol. The molecule has 5 heteroatoms. The van der Waals surface area contributed by atoms with Crippen LogP contribution in [0.4, 0.5) is 0 Å². The van der Waals surface area contributed by atoms with E-state index in [9.17, 15) is 9.90 Å². The summed E-state index contributed by atoms with van der Waals surface area (Å²) in [4.78, 5) is 11.2. The fraction of sp³-hybridized carbons (Fsp3) is 0.118. The minimum atomic E-state index is -1.05. The molecule has 0 amide bonds. The Morgan fingerprint density at radius 1 is 1.09 bits per heavy atom. The molecule has 2 rings (SSSR count). The largest absolute Gasteiger partial charge is 0.493 e. The minimum Gasteiger partial charge on any atom is -0.493 e. The lowest BCUT2D eigenvalue weighted by Crippen LogP contribution is -1.99. The van der Waals surface area contributed by atoms with Crippen molar-refractivity contribution in [2.24, 2.45) is 0 Å². The molecule has 0 spiro atoms. The highest BCUT2D eigenvalue weighted by Gasteiger charge is 2.16. The Morgan fingerprint density at radius 3 is 2.32 bits per heavy atom. The number of ether oxygens (including phenoxy) is 2. The molecule has 0 aromatic heterocycles. The lowest BCUT2D eigenvalue weighted by Gasteiger charge is -2.15. The summed E-state index contributed by atoms with van der Waals surface area (Å²) in [5.74, 6) is -0.0347. The first-order valence-electron chi connectivity index (χ1n) is 6.48. The molecule has 114 valence electrons. The van der Waals surface area contributed by atoms with Crippen molar-refractivity contribution >= 4 is 23.1 Å². The second kappa shape index (κ2) is 7.00. The van der Waals surface area contributed by atoms with Crippen LogP contribution in [0.25, 0.3) is 5.57 Å². The number of carboxylic acids is 1. The lowest BCUT2D eigenvalue weighted by atomic mass is 9.96. The summed E-state index contributed by atoms with van der Waals surface area (Å²) in [6.07, 6.45) is 1.14. The van der Waals surface area contributed by atoms with Crippen molar-refractivity contribution in [2.75, 3.05) is 14.2 Å². The normalized spacial score (nSPS) is 11.1. The van der Waals surface area contributed by atoms with Gasteiger partial charge in [-0.15, -0.1) is 0 Å². The number of hydrogen-bond acceptors (Lipinski definition) is 3. The first-order chi connectivity index (χ1) is 10.6. The zero-order chi connectivity index (χ0) is 16.1. The van der Waals surface area contributed by atoms with Gasteiger partial charge in [0.1, 0.15) is 0 Å². The van der Waals surface area contributed by atoms with Crippen LogP contribution in [0.5, 0.6) is 11.5 Å². The average Bonchev–Trinajstić information content (AvgIpc) is 2.52. The third-order valence-electron chi connectivity index (χ3n) is 3.12. The van der Waals surface area contributed by atoms with Gasteiger partial charge in [0, 0.05) is 16.7 Å². The van der Waals surface area contributed by atoms with Gasteiger partial charge in [-0.05, 0) is 29.3 Å². The van der Waals surface area contributed by atoms with Gasteiger partial charge in [0.2, 0.25) is 0 Å². The second-order valence-electron chi connectivity index (χ2n) is 4.44. The molecule has 0 saturated carbocycles. The zero-order valence-corrected chi connectivity index (χ0v) is 12.9. The van der Waals surface area contributed by atoms with E-state index < -0.39 is 5.97 Å². The van der Waals surface area contributed by atoms with Gasteiger partial charge in [0.05, 0.1) is 14.2 Å². The Morgan fingerprint density at radius 2 is 1.77 bits per heavy atom. The second-order valence-corrected chi connectivity index (χ2v) is 4.88. The van der Waals surface area contributed by atoms with Gasteiger partial charge in [0.25, 0.3) is 0 Å². The molecule has 0 heterocycles. The third kappa shape index (κ3) is 3.40. The maximum absolute atomic E-state index is 11.2. The zero-order valence-electron chi connectivity index (χ0n) is 12.2. The Kier molecular flexibility index (Phi) is 5.07. The molecule has 1 N–H and O–H groups in total. The van der Waals surface area contributed by atoms with E-state index in [4.69, 9.17) is 21.1 Å². The van der Waals surface area contributed by atoms with E-state index >= 15 is 0 Å². The quantitative estimate of drug-likeness (QED) is 0.850. The topological polar surface area (TPSA) is 55.8 Å². The molecule has 0 aliphatic carbocycles. The highest BCUT2D eigenvalue weighted by Crippen LogP contribution is 2.37. The van der Waals surface area contributed by atoms with Crippen molar-refractivity contribution in [1.29, 1.82) is 0 Å². The van der Waals surface area contributed by atoms with Crippen LogP contribution in [-0.2, 0) is 4.79 Å². The van der Waals surface area contributed by atoms with Gasteiger partial charge in [-0.3, -0.25) is 0 Å². The van der Waals surface area contributed by atoms with Crippen LogP contribution in [0.2, 0.25) is 5.02 Å². The number of rotatable bonds is 5. The van der Waals surface area contributed by atoms with Crippen LogP contribution in [0.1, 0.15) is 11.1 Å². The summed E-state index contributed by atoms with van der Waals surface area (Å²) in [7, 11) is 3.05. The predicted molar refractivity (Wildman–Crippen MR) is 85.7 cm³/mol. The summed E-state index contributed by atoms with van der Waals surface area (Å²) in [5, 5.41) is 9.76. The Hall–Kier alpha value is -2.46. The van der Waals surface area contributed by atoms with Crippen molar-refractivity contribution in [1.82, 2.24) is 0 Å². The molecule has 0 unspecified atom stereocenters. The van der Waals surface area contributed by atoms with E-state index in [1.165, 1.54) is 14.2 Å². The molecule has 0 bridgehead atoms. The fourth-order valence-electron chi connectivity index (χ4n) is 2.17. The standard InChI is InChI=1S/C17H15ClO4/c1-21-15-5-3-4-13(17(15)22-2)14(10-16(19)20)11-6-8-12(18)9-7-11/h3-10H,1-2H3,(H,19,20). The fourth-order valence-corrected chi connectivity index (χ4v) is 2.29. The molecule has 22 heavy (non-hydrogen) atoms. The van der Waals surface area contributed by atoms with Crippen molar-refractivity contribution in [2.45, 2.75) is 0 Å². The summed E-state index contributed by atoms with van der Waals surface area (Å²) in [6, 6.07) is 12.3. The molecular weight excluding hydrogens is 304 g/mol. The Bertz CT molecular complexity index is 705. The van der Waals surface area contributed by atoms with Crippen LogP contribution < -0.4 is 9.47 Å². The van der Waals surface area contributed by atoms with Crippen LogP contribution in [0.3, 0.4) is 0 Å². The van der Waals surface area contributed by atoms with Crippen molar-refractivity contribution in [3.05, 3.63) is 64.7 Å². The maximum Gasteiger partial charge on any atom is 0.328 e. The van der Waals surface area contributed by atoms with E-state index in [1.807, 2.05) is 0 Å². The van der Waals surface area contributed by atoms with Gasteiger partial charge in [-0.25, -0.2) is 4.79 Å². The summed E-state index contributed by atoms with van der Waals surface area (Å²) >= 11 is 5.89. The van der Waals surface area contributed by atoms with Crippen molar-refractivity contribution < 1.29 is 19.4 Å². The van der Waals surface area contributed by atoms with E-state index in [0.29, 0.717) is 27.7 Å². The summed E-state index contributed by atoms with van der Waals surface area (Å²) in [5.41, 5.74) is 1.87. The molecule has 0 radical (unpaired) electrons. The van der Waals surface area contributed by atoms with Crippen LogP contribution in [-0.4, -0.2) is 25.3 Å². The van der Waals surface area contributed by atoms with Crippen molar-refractivity contribution in [3.8, 4) is 11.5 Å². The van der Waals surface area contributed by atoms with Gasteiger partial charge < -0.3 is 14.6 Å². The van der Waals surface area contributed by atoms with Crippen LogP contribution >= 0.6 is 11.6 Å². The van der Waals surface area contributed by atoms with Gasteiger partial charge in [0.15, 0.2) is 11.5 Å². The van der Waals surface area contributed by atoms with E-state index in [-0.39, 0.29) is 0 Å². The highest BCUT2D eigenvalue weighted by molar-refractivity contribution is 6.30. The molecular formula is C17H15ClO4. The molecule has 0 aliphatic rings. The van der Waals surface area contributed by atoms with Gasteiger partial charge >= 0.3 is 5.97 Å². The molecule has 0 fully saturated rings. The van der Waals surface area contributed by atoms with Gasteiger partial charge in [-0.2, -0.15) is 0 Å². The third-order valence-corrected chi connectivity index (χ3v) is 3.37. The number of benzene rings is 2. The van der Waals surface area contributed by atoms with Crippen LogP contribution in [0.15, 0.2) is 48.5 Å². The van der Waals surface area contributed by atoms with Crippen molar-refractivity contribution in [3.63, 3.8) is 0 Å². The molecule has 0 aliphatic heterocycles. The number of para-hydroxylation sites is 1. The number of carbonyl (C=O) groups is 1. The van der Waals surface area contributed by atoms with E-state index in [2.05, 4.69) is 0 Å². The molecule has 0 atom stereocenters. The van der Waals surface area contributed by atoms with Crippen LogP contribution in [0, 0.1) is 0 Å². The predicted octanol–water partition coefficient (Wildman–Crippen LogP) is 3.87. The number of aliphatic carboxylic acids is 1. The number of carboxylic acid groups (broad SMARTS) is 1. The number of hydrogen-bond donors (Lipinski definition) is 1. The maximum atomic E-state index is 11.2. The SMILES string of the molecule is COc1cccc(C(=CC(=O)O)c2ccc(Cl)cc2)c1OC. The number of methoxy groups -OCH3 is 2. The van der Waals surface area contributed by atoms with Gasteiger partial charge in [-0.1, -0.05) is 35.9 Å². The Balaban J connectivity index is 2.66. The minimum absolute atomic E-state index is 0.479. The Labute approximate surface area is 133 Å². The highest BCUT2D eigenvalue weighted by atomic mass is 35.5. The van der Waals surface area contributed by atoms with E-state index in [0.717, 1.165) is 11.6 Å². The molecule has 4 nitrogen and oxygen atoms in total. The first-order valence-corrected chi connectivity index (χ1v) is 6.86.